The summed E-state index contributed by atoms with van der Waals surface area (Å²) in [6, 6.07) is 6.78. The number of ether oxygens (including phenoxy) is 1. The summed E-state index contributed by atoms with van der Waals surface area (Å²) in [7, 11) is 0. The fourth-order valence-corrected chi connectivity index (χ4v) is 14.8. The van der Waals surface area contributed by atoms with E-state index < -0.39 is 40.2 Å². The number of fused-ring (bicyclic) bond motifs is 6. The summed E-state index contributed by atoms with van der Waals surface area (Å²) in [5.41, 5.74) is 0.0528. The maximum atomic E-state index is 14.1. The van der Waals surface area contributed by atoms with Crippen molar-refractivity contribution in [3.05, 3.63) is 46.0 Å². The predicted molar refractivity (Wildman–Crippen MR) is 213 cm³/mol. The number of hydrogen-bond acceptors (Lipinski definition) is 6. The van der Waals surface area contributed by atoms with E-state index in [1.165, 1.54) is 0 Å². The number of esters is 1. The Bertz CT molecular complexity index is 2010. The van der Waals surface area contributed by atoms with Gasteiger partial charge in [0.25, 0.3) is 5.91 Å². The van der Waals surface area contributed by atoms with Gasteiger partial charge in [0.15, 0.2) is 5.78 Å². The van der Waals surface area contributed by atoms with Crippen LogP contribution in [0.25, 0.3) is 0 Å². The van der Waals surface area contributed by atoms with Crippen molar-refractivity contribution in [2.75, 3.05) is 6.54 Å². The van der Waals surface area contributed by atoms with Gasteiger partial charge in [-0.3, -0.25) is 19.2 Å². The number of hydrogen-bond donors (Lipinski definition) is 3. The lowest BCUT2D eigenvalue weighted by Crippen LogP contribution is -2.72. The Kier molecular flexibility index (Phi) is 8.98. The van der Waals surface area contributed by atoms with Crippen LogP contribution in [0.3, 0.4) is 0 Å². The van der Waals surface area contributed by atoms with Gasteiger partial charge in [0, 0.05) is 29.0 Å². The standard InChI is InChI=1S/C47H60ClNO7/c1-26(2)36-32(50)24-46(34(51)25-49-38(52)27-10-9-11-28(48)22-27)19-16-42(5)29(37(36)46)12-13-33-43(42,6)17-20-47-21-18-45(47,8)35(14-15-44(33,47)7)56-40(55)31-23-30(39(53)54)41(31,3)4/h9-11,22,26,29-31,33-35,51H,12-17,19-20,23-25H2,1-8H3,(H,49,52)(H,53,54)/t29?,30-,31?,33-,34-,35-,42+,43?,44?,45+,46-,47-/m0/s1. The van der Waals surface area contributed by atoms with Crippen LogP contribution in [-0.2, 0) is 19.1 Å². The van der Waals surface area contributed by atoms with Gasteiger partial charge in [0.1, 0.15) is 6.10 Å². The van der Waals surface area contributed by atoms with Gasteiger partial charge >= 0.3 is 11.9 Å². The number of carbonyl (C=O) groups excluding carboxylic acids is 3. The van der Waals surface area contributed by atoms with Gasteiger partial charge in [-0.1, -0.05) is 83.5 Å². The second-order valence-electron chi connectivity index (χ2n) is 20.7. The van der Waals surface area contributed by atoms with Gasteiger partial charge in [0.2, 0.25) is 0 Å². The first-order valence-electron chi connectivity index (χ1n) is 21.1. The average Bonchev–Trinajstić information content (AvgIpc) is 3.44. The van der Waals surface area contributed by atoms with Crippen molar-refractivity contribution in [1.82, 2.24) is 5.32 Å². The highest BCUT2D eigenvalue weighted by molar-refractivity contribution is 6.31. The van der Waals surface area contributed by atoms with Crippen LogP contribution in [0.5, 0.6) is 0 Å². The number of benzene rings is 1. The summed E-state index contributed by atoms with van der Waals surface area (Å²) in [5.74, 6) is 5.57. The fourth-order valence-electron chi connectivity index (χ4n) is 14.6. The zero-order valence-electron chi connectivity index (χ0n) is 34.4. The molecule has 1 aromatic carbocycles. The van der Waals surface area contributed by atoms with E-state index in [9.17, 15) is 29.4 Å². The number of aliphatic carboxylic acids is 1. The second-order valence-corrected chi connectivity index (χ2v) is 21.2. The molecular formula is C47H60ClNO7. The van der Waals surface area contributed by atoms with E-state index in [1.54, 1.807) is 24.3 Å². The fraction of sp³-hybridized carbons (Fsp3) is 0.702. The zero-order chi connectivity index (χ0) is 40.6. The summed E-state index contributed by atoms with van der Waals surface area (Å²) in [5, 5.41) is 25.3. The normalized spacial score (nSPS) is 43.3. The molecular weight excluding hydrogens is 726 g/mol. The Morgan fingerprint density at radius 1 is 0.929 bits per heavy atom. The minimum Gasteiger partial charge on any atom is -0.481 e. The van der Waals surface area contributed by atoms with Crippen molar-refractivity contribution in [2.45, 2.75) is 132 Å². The summed E-state index contributed by atoms with van der Waals surface area (Å²) in [4.78, 5) is 52.8. The summed E-state index contributed by atoms with van der Waals surface area (Å²) in [6.45, 7) is 17.6. The molecule has 1 spiro atoms. The number of rotatable bonds is 8. The van der Waals surface area contributed by atoms with E-state index in [4.69, 9.17) is 16.3 Å². The Labute approximate surface area is 337 Å². The van der Waals surface area contributed by atoms with E-state index in [0.29, 0.717) is 29.3 Å². The molecule has 3 N–H and O–H groups in total. The number of aliphatic hydroxyl groups is 1. The first-order chi connectivity index (χ1) is 26.1. The van der Waals surface area contributed by atoms with Crippen molar-refractivity contribution in [3.63, 3.8) is 0 Å². The van der Waals surface area contributed by atoms with Crippen molar-refractivity contribution < 1.29 is 34.1 Å². The van der Waals surface area contributed by atoms with Gasteiger partial charge in [-0.05, 0) is 128 Å². The maximum Gasteiger partial charge on any atom is 0.309 e. The molecule has 8 nitrogen and oxygen atoms in total. The molecule has 0 aromatic heterocycles. The van der Waals surface area contributed by atoms with Gasteiger partial charge in [-0.2, -0.15) is 0 Å². The first-order valence-corrected chi connectivity index (χ1v) is 21.5. The SMILES string of the molecule is CC(C)C1=C2C3CC[C@H]4C(C)(CC[C@@]56C#C[C@]5(C)[C@@H](OC(=O)C5C[C@@H](C(=O)O)C5(C)C)CCC46C)[C@]3(C)CC[C@@]2([C@@H](O)CNC(=O)c2cccc(Cl)c2)CC1=O. The van der Waals surface area contributed by atoms with Crippen molar-refractivity contribution in [2.24, 2.45) is 67.5 Å². The predicted octanol–water partition coefficient (Wildman–Crippen LogP) is 8.44. The molecule has 0 radical (unpaired) electrons. The number of carboxylic acids is 1. The zero-order valence-corrected chi connectivity index (χ0v) is 35.2. The molecule has 0 saturated heterocycles. The Hall–Kier alpha value is -3.15. The van der Waals surface area contributed by atoms with Crippen LogP contribution in [-0.4, -0.2) is 52.6 Å². The third kappa shape index (κ3) is 4.95. The van der Waals surface area contributed by atoms with Gasteiger partial charge in [0.05, 0.1) is 28.8 Å². The lowest BCUT2D eigenvalue weighted by Gasteiger charge is -2.75. The monoisotopic (exact) mass is 785 g/mol. The molecule has 7 aliphatic carbocycles. The van der Waals surface area contributed by atoms with E-state index in [0.717, 1.165) is 56.1 Å². The summed E-state index contributed by atoms with van der Waals surface area (Å²) in [6.07, 6.45) is 6.34. The molecule has 1 aromatic rings. The maximum absolute atomic E-state index is 14.1. The number of carboxylic acid groups (broad SMARTS) is 1. The molecule has 8 rings (SSSR count). The van der Waals surface area contributed by atoms with Crippen LogP contribution in [0, 0.1) is 79.3 Å². The van der Waals surface area contributed by atoms with Crippen LogP contribution in [0.1, 0.15) is 130 Å². The van der Waals surface area contributed by atoms with E-state index >= 15 is 0 Å². The molecule has 9 heteroatoms. The van der Waals surface area contributed by atoms with Crippen molar-refractivity contribution >= 4 is 35.2 Å². The molecule has 5 fully saturated rings. The van der Waals surface area contributed by atoms with E-state index in [1.807, 2.05) is 13.8 Å². The van der Waals surface area contributed by atoms with Gasteiger partial charge in [-0.15, -0.1) is 0 Å². The van der Waals surface area contributed by atoms with Crippen molar-refractivity contribution in [1.29, 1.82) is 0 Å². The molecule has 12 atom stereocenters. The third-order valence-corrected chi connectivity index (χ3v) is 18.5. The number of Topliss-reactive ketones (excluding diaryl/α,β-unsaturated/α-hetero) is 1. The molecule has 0 bridgehead atoms. The third-order valence-electron chi connectivity index (χ3n) is 18.3. The molecule has 0 heterocycles. The van der Waals surface area contributed by atoms with Crippen LogP contribution in [0.2, 0.25) is 5.02 Å². The van der Waals surface area contributed by atoms with E-state index in [-0.39, 0.29) is 70.2 Å². The molecule has 302 valence electrons. The molecule has 7 aliphatic rings. The molecule has 0 aliphatic heterocycles. The Balaban J connectivity index is 1.06. The number of allylic oxidation sites excluding steroid dienone is 1. The number of ketones is 1. The highest BCUT2D eigenvalue weighted by atomic mass is 35.5. The van der Waals surface area contributed by atoms with Gasteiger partial charge in [-0.25, -0.2) is 0 Å². The van der Waals surface area contributed by atoms with Crippen LogP contribution < -0.4 is 5.32 Å². The van der Waals surface area contributed by atoms with Crippen LogP contribution in [0.15, 0.2) is 35.4 Å². The molecule has 1 amide bonds. The number of aliphatic hydroxyl groups excluding tert-OH is 1. The number of carbonyl (C=O) groups is 4. The minimum absolute atomic E-state index is 0.0251. The summed E-state index contributed by atoms with van der Waals surface area (Å²) < 4.78 is 6.41. The molecule has 56 heavy (non-hydrogen) atoms. The topological polar surface area (TPSA) is 130 Å². The highest BCUT2D eigenvalue weighted by Gasteiger charge is 2.77. The van der Waals surface area contributed by atoms with Gasteiger partial charge < -0.3 is 20.3 Å². The average molecular weight is 786 g/mol. The summed E-state index contributed by atoms with van der Waals surface area (Å²) >= 11 is 6.17. The Morgan fingerprint density at radius 3 is 2.27 bits per heavy atom. The Morgan fingerprint density at radius 2 is 1.64 bits per heavy atom. The van der Waals surface area contributed by atoms with Crippen LogP contribution in [0.4, 0.5) is 0 Å². The van der Waals surface area contributed by atoms with Crippen molar-refractivity contribution in [3.8, 4) is 11.8 Å². The molecule has 4 unspecified atom stereocenters. The quantitative estimate of drug-likeness (QED) is 0.178. The number of halogens is 1. The van der Waals surface area contributed by atoms with E-state index in [2.05, 4.69) is 58.7 Å². The smallest absolute Gasteiger partial charge is 0.309 e. The lowest BCUT2D eigenvalue weighted by molar-refractivity contribution is -0.257. The van der Waals surface area contributed by atoms with Crippen LogP contribution >= 0.6 is 11.6 Å². The largest absolute Gasteiger partial charge is 0.481 e. The minimum atomic E-state index is -0.910. The first kappa shape index (κ1) is 39.7. The highest BCUT2D eigenvalue weighted by Crippen LogP contribution is 2.81. The molecule has 5 saturated carbocycles. The number of nitrogens with one attached hydrogen (secondary N) is 1. The second kappa shape index (κ2) is 12.7. The lowest BCUT2D eigenvalue weighted by atomic mass is 9.28. The number of amides is 1.